The van der Waals surface area contributed by atoms with Gasteiger partial charge in [-0.05, 0) is 27.2 Å². The summed E-state index contributed by atoms with van der Waals surface area (Å²) in [4.78, 5) is 14.3. The highest BCUT2D eigenvalue weighted by Gasteiger charge is 2.44. The van der Waals surface area contributed by atoms with Crippen LogP contribution in [0.25, 0.3) is 0 Å². The fourth-order valence-corrected chi connectivity index (χ4v) is 3.69. The van der Waals surface area contributed by atoms with Crippen molar-refractivity contribution in [3.8, 4) is 0 Å². The molecule has 6 heteroatoms. The van der Waals surface area contributed by atoms with E-state index in [4.69, 9.17) is 4.74 Å². The molecule has 1 aliphatic carbocycles. The Morgan fingerprint density at radius 2 is 2.05 bits per heavy atom. The van der Waals surface area contributed by atoms with E-state index in [1.807, 2.05) is 6.92 Å². The van der Waals surface area contributed by atoms with E-state index in [1.165, 1.54) is 0 Å². The van der Waals surface area contributed by atoms with Gasteiger partial charge in [0.05, 0.1) is 12.0 Å². The predicted octanol–water partition coefficient (Wildman–Crippen LogP) is 0.371. The van der Waals surface area contributed by atoms with E-state index in [0.717, 1.165) is 31.0 Å². The first-order valence-corrected chi connectivity index (χ1v) is 8.92. The first-order chi connectivity index (χ1) is 9.44. The Morgan fingerprint density at radius 3 is 2.65 bits per heavy atom. The number of amides is 1. The molecule has 1 heterocycles. The summed E-state index contributed by atoms with van der Waals surface area (Å²) in [5, 5.41) is 3.05. The summed E-state index contributed by atoms with van der Waals surface area (Å²) >= 11 is 0. The monoisotopic (exact) mass is 302 g/mol. The van der Waals surface area contributed by atoms with Crippen molar-refractivity contribution in [3.63, 3.8) is 0 Å². The molecule has 20 heavy (non-hydrogen) atoms. The molecule has 0 bridgehead atoms. The minimum atomic E-state index is -0.658. The normalized spacial score (nSPS) is 28.4. The van der Waals surface area contributed by atoms with Crippen molar-refractivity contribution in [3.05, 3.63) is 0 Å². The maximum absolute atomic E-state index is 12.0. The van der Waals surface area contributed by atoms with Gasteiger partial charge in [0.2, 0.25) is 5.91 Å². The van der Waals surface area contributed by atoms with Crippen LogP contribution in [0, 0.1) is 5.92 Å². The van der Waals surface area contributed by atoms with Crippen molar-refractivity contribution in [2.75, 3.05) is 37.7 Å². The van der Waals surface area contributed by atoms with Crippen LogP contribution in [-0.4, -0.2) is 64.4 Å². The highest BCUT2D eigenvalue weighted by molar-refractivity contribution is 7.85. The zero-order valence-electron chi connectivity index (χ0n) is 12.7. The second-order valence-electron chi connectivity index (χ2n) is 6.20. The lowest BCUT2D eigenvalue weighted by Crippen LogP contribution is -2.55. The lowest BCUT2D eigenvalue weighted by molar-refractivity contribution is -0.123. The van der Waals surface area contributed by atoms with Gasteiger partial charge in [0.1, 0.15) is 0 Å². The topological polar surface area (TPSA) is 58.6 Å². The van der Waals surface area contributed by atoms with Crippen LogP contribution in [0.1, 0.15) is 27.2 Å². The van der Waals surface area contributed by atoms with Crippen LogP contribution in [0.3, 0.4) is 0 Å². The summed E-state index contributed by atoms with van der Waals surface area (Å²) in [7, 11) is -0.658. The molecular formula is C14H26N2O3S. The van der Waals surface area contributed by atoms with Gasteiger partial charge in [0, 0.05) is 54.1 Å². The van der Waals surface area contributed by atoms with E-state index < -0.39 is 10.8 Å². The standard InChI is InChI=1S/C14H26N2O3S/c1-4-19-12-9-11(12)13(17)15-10-14(2,3)16-5-7-20(18)8-6-16/h11-12H,4-10H2,1-3H3,(H,15,17). The molecule has 0 spiro atoms. The van der Waals surface area contributed by atoms with Gasteiger partial charge in [0.15, 0.2) is 0 Å². The average molecular weight is 302 g/mol. The van der Waals surface area contributed by atoms with Crippen molar-refractivity contribution in [1.82, 2.24) is 10.2 Å². The van der Waals surface area contributed by atoms with Crippen molar-refractivity contribution in [1.29, 1.82) is 0 Å². The smallest absolute Gasteiger partial charge is 0.225 e. The van der Waals surface area contributed by atoms with Crippen molar-refractivity contribution >= 4 is 16.7 Å². The number of hydrogen-bond donors (Lipinski definition) is 1. The molecule has 1 amide bonds. The highest BCUT2D eigenvalue weighted by atomic mass is 32.2. The summed E-state index contributed by atoms with van der Waals surface area (Å²) in [6.45, 7) is 9.22. The second kappa shape index (κ2) is 6.54. The molecule has 2 aliphatic rings. The highest BCUT2D eigenvalue weighted by Crippen LogP contribution is 2.33. The summed E-state index contributed by atoms with van der Waals surface area (Å²) in [6, 6.07) is 0. The van der Waals surface area contributed by atoms with E-state index >= 15 is 0 Å². The third kappa shape index (κ3) is 4.02. The zero-order chi connectivity index (χ0) is 14.8. The van der Waals surface area contributed by atoms with Gasteiger partial charge in [-0.1, -0.05) is 0 Å². The van der Waals surface area contributed by atoms with Gasteiger partial charge >= 0.3 is 0 Å². The van der Waals surface area contributed by atoms with Crippen molar-refractivity contribution in [2.24, 2.45) is 5.92 Å². The van der Waals surface area contributed by atoms with Crippen LogP contribution in [-0.2, 0) is 20.3 Å². The Hall–Kier alpha value is -0.460. The second-order valence-corrected chi connectivity index (χ2v) is 7.90. The first kappa shape index (κ1) is 15.9. The third-order valence-electron chi connectivity index (χ3n) is 4.18. The maximum atomic E-state index is 12.0. The molecule has 2 rings (SSSR count). The third-order valence-corrected chi connectivity index (χ3v) is 5.45. The van der Waals surface area contributed by atoms with E-state index in [1.54, 1.807) is 0 Å². The van der Waals surface area contributed by atoms with E-state index in [0.29, 0.717) is 13.2 Å². The fraction of sp³-hybridized carbons (Fsp3) is 0.929. The number of rotatable bonds is 6. The van der Waals surface area contributed by atoms with Gasteiger partial charge in [-0.25, -0.2) is 0 Å². The molecule has 116 valence electrons. The molecule has 5 nitrogen and oxygen atoms in total. The van der Waals surface area contributed by atoms with Crippen LogP contribution < -0.4 is 5.32 Å². The van der Waals surface area contributed by atoms with Crippen molar-refractivity contribution in [2.45, 2.75) is 38.8 Å². The molecule has 0 radical (unpaired) electrons. The number of nitrogens with one attached hydrogen (secondary N) is 1. The molecule has 1 N–H and O–H groups in total. The molecule has 2 unspecified atom stereocenters. The summed E-state index contributed by atoms with van der Waals surface area (Å²) in [5.41, 5.74) is -0.0870. The van der Waals surface area contributed by atoms with Gasteiger partial charge in [-0.15, -0.1) is 0 Å². The van der Waals surface area contributed by atoms with E-state index in [9.17, 15) is 9.00 Å². The maximum Gasteiger partial charge on any atom is 0.225 e. The summed E-state index contributed by atoms with van der Waals surface area (Å²) in [5.74, 6) is 1.63. The molecule has 0 aromatic carbocycles. The van der Waals surface area contributed by atoms with Gasteiger partial charge < -0.3 is 10.1 Å². The minimum Gasteiger partial charge on any atom is -0.378 e. The molecule has 0 aromatic heterocycles. The molecule has 0 aromatic rings. The number of carbonyl (C=O) groups excluding carboxylic acids is 1. The Kier molecular flexibility index (Phi) is 5.20. The predicted molar refractivity (Wildman–Crippen MR) is 80.1 cm³/mol. The Morgan fingerprint density at radius 1 is 1.40 bits per heavy atom. The van der Waals surface area contributed by atoms with Gasteiger partial charge in [0.25, 0.3) is 0 Å². The van der Waals surface area contributed by atoms with Crippen LogP contribution in [0.5, 0.6) is 0 Å². The number of nitrogens with zero attached hydrogens (tertiary/aromatic N) is 1. The van der Waals surface area contributed by atoms with Gasteiger partial charge in [-0.3, -0.25) is 13.9 Å². The molecule has 1 saturated carbocycles. The zero-order valence-corrected chi connectivity index (χ0v) is 13.5. The number of ether oxygens (including phenoxy) is 1. The molecular weight excluding hydrogens is 276 g/mol. The molecule has 1 saturated heterocycles. The lowest BCUT2D eigenvalue weighted by atomic mass is 10.0. The summed E-state index contributed by atoms with van der Waals surface area (Å²) < 4.78 is 16.8. The molecule has 1 aliphatic heterocycles. The fourth-order valence-electron chi connectivity index (χ4n) is 2.64. The van der Waals surface area contributed by atoms with Crippen LogP contribution >= 0.6 is 0 Å². The quantitative estimate of drug-likeness (QED) is 0.770. The molecule has 2 atom stereocenters. The first-order valence-electron chi connectivity index (χ1n) is 7.43. The van der Waals surface area contributed by atoms with Crippen LogP contribution in [0.2, 0.25) is 0 Å². The lowest BCUT2D eigenvalue weighted by Gasteiger charge is -2.40. The Labute approximate surface area is 123 Å². The Balaban J connectivity index is 1.75. The van der Waals surface area contributed by atoms with E-state index in [-0.39, 0.29) is 23.5 Å². The summed E-state index contributed by atoms with van der Waals surface area (Å²) in [6.07, 6.45) is 0.975. The number of carbonyl (C=O) groups is 1. The number of hydrogen-bond acceptors (Lipinski definition) is 4. The largest absolute Gasteiger partial charge is 0.378 e. The minimum absolute atomic E-state index is 0.0413. The average Bonchev–Trinajstić information content (AvgIpc) is 3.16. The van der Waals surface area contributed by atoms with Crippen LogP contribution in [0.15, 0.2) is 0 Å². The van der Waals surface area contributed by atoms with Crippen molar-refractivity contribution < 1.29 is 13.7 Å². The van der Waals surface area contributed by atoms with Gasteiger partial charge in [-0.2, -0.15) is 0 Å². The van der Waals surface area contributed by atoms with Crippen LogP contribution in [0.4, 0.5) is 0 Å². The molecule has 2 fully saturated rings. The SMILES string of the molecule is CCOC1CC1C(=O)NCC(C)(C)N1CCS(=O)CC1. The van der Waals surface area contributed by atoms with E-state index in [2.05, 4.69) is 24.1 Å². The Bertz CT molecular complexity index is 377.